The SMILES string of the molecule is O=c1c2ccccc2n2c3cccc(-c4cccc(-c5nc(-c6ccccc6)nc(-c6ccccc6)n5)c4)c3c(=O)n12. The van der Waals surface area contributed by atoms with E-state index in [1.165, 1.54) is 4.52 Å². The number of para-hydroxylation sites is 1. The summed E-state index contributed by atoms with van der Waals surface area (Å²) in [5.41, 5.74) is 4.84. The van der Waals surface area contributed by atoms with Gasteiger partial charge in [0.2, 0.25) is 0 Å². The molecular formula is C35H21N5O2. The lowest BCUT2D eigenvalue weighted by molar-refractivity contribution is 0.841. The van der Waals surface area contributed by atoms with E-state index in [9.17, 15) is 9.59 Å². The third-order valence-electron chi connectivity index (χ3n) is 7.56. The average molecular weight is 544 g/mol. The Morgan fingerprint density at radius 2 is 0.952 bits per heavy atom. The molecule has 8 aromatic rings. The van der Waals surface area contributed by atoms with Gasteiger partial charge in [-0.1, -0.05) is 103 Å². The second kappa shape index (κ2) is 9.31. The van der Waals surface area contributed by atoms with Crippen molar-refractivity contribution in [1.82, 2.24) is 24.0 Å². The first-order chi connectivity index (χ1) is 20.7. The molecule has 0 atom stereocenters. The van der Waals surface area contributed by atoms with Gasteiger partial charge >= 0.3 is 0 Å². The highest BCUT2D eigenvalue weighted by Gasteiger charge is 2.20. The lowest BCUT2D eigenvalue weighted by Gasteiger charge is -2.10. The highest BCUT2D eigenvalue weighted by Crippen LogP contribution is 2.31. The molecule has 7 nitrogen and oxygen atoms in total. The Balaban J connectivity index is 1.34. The molecule has 0 amide bonds. The van der Waals surface area contributed by atoms with Gasteiger partial charge in [0.15, 0.2) is 17.5 Å². The summed E-state index contributed by atoms with van der Waals surface area (Å²) in [6, 6.07) is 40.5. The molecule has 0 spiro atoms. The van der Waals surface area contributed by atoms with Crippen molar-refractivity contribution in [2.24, 2.45) is 0 Å². The van der Waals surface area contributed by atoms with Gasteiger partial charge in [0.1, 0.15) is 0 Å². The lowest BCUT2D eigenvalue weighted by atomic mass is 9.99. The molecule has 0 N–H and O–H groups in total. The van der Waals surface area contributed by atoms with Crippen molar-refractivity contribution >= 4 is 21.8 Å². The zero-order chi connectivity index (χ0) is 28.2. The Kier molecular flexibility index (Phi) is 5.30. The second-order valence-corrected chi connectivity index (χ2v) is 10.1. The summed E-state index contributed by atoms with van der Waals surface area (Å²) < 4.78 is 2.94. The highest BCUT2D eigenvalue weighted by atomic mass is 16.2. The van der Waals surface area contributed by atoms with Crippen LogP contribution in [-0.4, -0.2) is 24.0 Å². The van der Waals surface area contributed by atoms with Gasteiger partial charge in [-0.05, 0) is 35.4 Å². The maximum Gasteiger partial charge on any atom is 0.283 e. The van der Waals surface area contributed by atoms with E-state index >= 15 is 0 Å². The molecule has 42 heavy (non-hydrogen) atoms. The van der Waals surface area contributed by atoms with Crippen molar-refractivity contribution in [3.8, 4) is 45.3 Å². The summed E-state index contributed by atoms with van der Waals surface area (Å²) in [4.78, 5) is 41.4. The van der Waals surface area contributed by atoms with Gasteiger partial charge in [0.25, 0.3) is 11.1 Å². The summed E-state index contributed by atoms with van der Waals surface area (Å²) in [6.07, 6.45) is 0. The van der Waals surface area contributed by atoms with Crippen LogP contribution in [0, 0.1) is 0 Å². The number of nitrogens with zero attached hydrogens (tertiary/aromatic N) is 5. The molecular weight excluding hydrogens is 522 g/mol. The van der Waals surface area contributed by atoms with Crippen molar-refractivity contribution in [1.29, 1.82) is 0 Å². The summed E-state index contributed by atoms with van der Waals surface area (Å²) in [6.45, 7) is 0. The number of aromatic nitrogens is 5. The Labute approximate surface area is 239 Å². The maximum atomic E-state index is 13.7. The standard InChI is InChI=1S/C35H21N5O2/c41-34-27-17-7-8-19-28(27)39-29-20-10-18-26(30(29)35(42)40(34)39)24-15-9-16-25(21-24)33-37-31(22-11-3-1-4-12-22)36-32(38-33)23-13-5-2-6-14-23/h1-21H. The molecule has 7 heteroatoms. The van der Waals surface area contributed by atoms with Crippen LogP contribution in [0.2, 0.25) is 0 Å². The molecule has 0 aliphatic rings. The largest absolute Gasteiger partial charge is 0.283 e. The maximum absolute atomic E-state index is 13.7. The van der Waals surface area contributed by atoms with Crippen LogP contribution in [0.4, 0.5) is 0 Å². The van der Waals surface area contributed by atoms with Gasteiger partial charge in [-0.15, -0.1) is 0 Å². The number of hydrogen-bond donors (Lipinski definition) is 0. The van der Waals surface area contributed by atoms with Crippen molar-refractivity contribution in [3.05, 3.63) is 148 Å². The van der Waals surface area contributed by atoms with Gasteiger partial charge in [0.05, 0.1) is 21.8 Å². The smallest absolute Gasteiger partial charge is 0.267 e. The molecule has 0 saturated heterocycles. The van der Waals surface area contributed by atoms with Gasteiger partial charge in [-0.3, -0.25) is 9.59 Å². The van der Waals surface area contributed by atoms with E-state index in [0.29, 0.717) is 39.3 Å². The molecule has 0 radical (unpaired) electrons. The fraction of sp³-hybridized carbons (Fsp3) is 0. The Morgan fingerprint density at radius 1 is 0.429 bits per heavy atom. The zero-order valence-corrected chi connectivity index (χ0v) is 22.2. The lowest BCUT2D eigenvalue weighted by Crippen LogP contribution is -2.21. The highest BCUT2D eigenvalue weighted by molar-refractivity contribution is 5.97. The minimum absolute atomic E-state index is 0.321. The van der Waals surface area contributed by atoms with Crippen LogP contribution in [-0.2, 0) is 0 Å². The topological polar surface area (TPSA) is 81.6 Å². The second-order valence-electron chi connectivity index (χ2n) is 10.1. The van der Waals surface area contributed by atoms with Gasteiger partial charge < -0.3 is 0 Å². The molecule has 198 valence electrons. The minimum Gasteiger partial charge on any atom is -0.267 e. The molecule has 0 fully saturated rings. The van der Waals surface area contributed by atoms with E-state index in [2.05, 4.69) is 0 Å². The van der Waals surface area contributed by atoms with Crippen molar-refractivity contribution in [2.75, 3.05) is 0 Å². The molecule has 0 saturated carbocycles. The van der Waals surface area contributed by atoms with Crippen LogP contribution in [0.15, 0.2) is 137 Å². The summed E-state index contributed by atoms with van der Waals surface area (Å²) in [7, 11) is 0. The first-order valence-corrected chi connectivity index (χ1v) is 13.6. The molecule has 0 bridgehead atoms. The first kappa shape index (κ1) is 23.9. The number of hydrogen-bond acceptors (Lipinski definition) is 5. The van der Waals surface area contributed by atoms with Gasteiger partial charge in [-0.2, -0.15) is 4.52 Å². The quantitative estimate of drug-likeness (QED) is 0.258. The molecule has 0 aliphatic carbocycles. The van der Waals surface area contributed by atoms with Crippen molar-refractivity contribution < 1.29 is 0 Å². The zero-order valence-electron chi connectivity index (χ0n) is 22.2. The Hall–Kier alpha value is -5.95. The molecule has 5 aromatic carbocycles. The Morgan fingerprint density at radius 3 is 1.64 bits per heavy atom. The fourth-order valence-electron chi connectivity index (χ4n) is 5.62. The average Bonchev–Trinajstić information content (AvgIpc) is 3.53. The van der Waals surface area contributed by atoms with Crippen LogP contribution < -0.4 is 11.1 Å². The van der Waals surface area contributed by atoms with Gasteiger partial charge in [-0.25, -0.2) is 19.5 Å². The predicted octanol–water partition coefficient (Wildman–Crippen LogP) is 6.36. The van der Waals surface area contributed by atoms with Crippen molar-refractivity contribution in [2.45, 2.75) is 0 Å². The van der Waals surface area contributed by atoms with E-state index < -0.39 is 0 Å². The monoisotopic (exact) mass is 543 g/mol. The third-order valence-corrected chi connectivity index (χ3v) is 7.56. The van der Waals surface area contributed by atoms with Crippen LogP contribution >= 0.6 is 0 Å². The molecule has 0 unspecified atom stereocenters. The normalized spacial score (nSPS) is 11.5. The fourth-order valence-corrected chi connectivity index (χ4v) is 5.62. The van der Waals surface area contributed by atoms with Crippen LogP contribution in [0.5, 0.6) is 0 Å². The van der Waals surface area contributed by atoms with E-state index in [1.807, 2.05) is 115 Å². The number of fused-ring (bicyclic) bond motifs is 5. The molecule has 0 aliphatic heterocycles. The van der Waals surface area contributed by atoms with E-state index in [1.54, 1.807) is 16.6 Å². The van der Waals surface area contributed by atoms with Crippen LogP contribution in [0.1, 0.15) is 0 Å². The van der Waals surface area contributed by atoms with Gasteiger partial charge in [0, 0.05) is 16.7 Å². The van der Waals surface area contributed by atoms with Crippen LogP contribution in [0.25, 0.3) is 67.1 Å². The van der Waals surface area contributed by atoms with E-state index in [-0.39, 0.29) is 11.1 Å². The number of rotatable bonds is 4. The molecule has 3 heterocycles. The van der Waals surface area contributed by atoms with Crippen molar-refractivity contribution in [3.63, 3.8) is 0 Å². The van der Waals surface area contributed by atoms with E-state index in [0.717, 1.165) is 27.8 Å². The van der Waals surface area contributed by atoms with Crippen LogP contribution in [0.3, 0.4) is 0 Å². The summed E-state index contributed by atoms with van der Waals surface area (Å²) >= 11 is 0. The minimum atomic E-state index is -0.343. The molecule has 8 rings (SSSR count). The summed E-state index contributed by atoms with van der Waals surface area (Å²) in [5.74, 6) is 1.68. The number of benzene rings is 5. The van der Waals surface area contributed by atoms with E-state index in [4.69, 9.17) is 15.0 Å². The Bertz CT molecular complexity index is 2340. The molecule has 3 aromatic heterocycles. The predicted molar refractivity (Wildman–Crippen MR) is 165 cm³/mol. The first-order valence-electron chi connectivity index (χ1n) is 13.6. The summed E-state index contributed by atoms with van der Waals surface area (Å²) in [5, 5.41) is 1.00. The third kappa shape index (κ3) is 3.64.